The number of benzene rings is 2. The predicted octanol–water partition coefficient (Wildman–Crippen LogP) is 4.80. The molecule has 45 heavy (non-hydrogen) atoms. The zero-order valence-corrected chi connectivity index (χ0v) is 30.7. The van der Waals surface area contributed by atoms with Gasteiger partial charge in [-0.05, 0) is 62.6 Å². The van der Waals surface area contributed by atoms with Crippen molar-refractivity contribution in [1.29, 1.82) is 0 Å². The van der Waals surface area contributed by atoms with E-state index in [-0.39, 0.29) is 12.4 Å². The fourth-order valence-electron chi connectivity index (χ4n) is 4.39. The van der Waals surface area contributed by atoms with Crippen molar-refractivity contribution in [2.24, 2.45) is 11.5 Å². The molecule has 0 fully saturated rings. The lowest BCUT2D eigenvalue weighted by atomic mass is 10.2. The van der Waals surface area contributed by atoms with E-state index < -0.39 is 17.6 Å². The minimum atomic E-state index is -2.55. The Hall–Kier alpha value is -1.66. The van der Waals surface area contributed by atoms with Gasteiger partial charge in [-0.3, -0.25) is 0 Å². The van der Waals surface area contributed by atoms with E-state index in [1.54, 1.807) is 28.4 Å². The Labute approximate surface area is 280 Å². The first-order chi connectivity index (χ1) is 21.5. The Kier molecular flexibility index (Phi) is 26.4. The van der Waals surface area contributed by atoms with Gasteiger partial charge in [-0.15, -0.1) is 12.4 Å². The SMILES string of the molecule is C=CN(CCCO[Si](CCCN)(OC)OC)Cc1ccccc1.CO[Si](CCCN)(OC)OCCCNCc1ccccc1.Cl. The third-order valence-electron chi connectivity index (χ3n) is 7.01. The van der Waals surface area contributed by atoms with Crippen LogP contribution in [0.2, 0.25) is 12.1 Å². The van der Waals surface area contributed by atoms with E-state index in [1.165, 1.54) is 11.1 Å². The molecule has 2 aromatic rings. The topological polar surface area (TPSA) is 123 Å². The number of hydrogen-bond donors (Lipinski definition) is 3. The van der Waals surface area contributed by atoms with E-state index in [4.69, 9.17) is 38.0 Å². The lowest BCUT2D eigenvalue weighted by Gasteiger charge is -2.27. The first kappa shape index (κ1) is 43.3. The predicted molar refractivity (Wildman–Crippen MR) is 190 cm³/mol. The zero-order chi connectivity index (χ0) is 32.4. The first-order valence-corrected chi connectivity index (χ1v) is 19.4. The summed E-state index contributed by atoms with van der Waals surface area (Å²) in [4.78, 5) is 2.18. The van der Waals surface area contributed by atoms with Crippen molar-refractivity contribution in [3.8, 4) is 0 Å². The highest BCUT2D eigenvalue weighted by atomic mass is 35.5. The molecule has 0 saturated heterocycles. The number of nitrogens with one attached hydrogen (secondary N) is 1. The molecule has 5 N–H and O–H groups in total. The molecule has 0 amide bonds. The van der Waals surface area contributed by atoms with Crippen LogP contribution in [-0.4, -0.2) is 90.3 Å². The third-order valence-corrected chi connectivity index (χ3v) is 12.7. The summed E-state index contributed by atoms with van der Waals surface area (Å²) in [5, 5.41) is 3.40. The number of nitrogens with two attached hydrogens (primary N) is 2. The van der Waals surface area contributed by atoms with Gasteiger partial charge in [0.2, 0.25) is 0 Å². The molecule has 0 saturated carbocycles. The van der Waals surface area contributed by atoms with Crippen LogP contribution in [0, 0.1) is 0 Å². The number of halogens is 1. The molecule has 0 radical (unpaired) electrons. The van der Waals surface area contributed by atoms with Gasteiger partial charge in [-0.1, -0.05) is 67.2 Å². The van der Waals surface area contributed by atoms with E-state index in [0.717, 1.165) is 64.0 Å². The fraction of sp³-hybridized carbons (Fsp3) is 0.562. The molecule has 0 aliphatic rings. The normalized spacial score (nSPS) is 11.3. The second-order valence-electron chi connectivity index (χ2n) is 10.2. The summed E-state index contributed by atoms with van der Waals surface area (Å²) >= 11 is 0. The van der Waals surface area contributed by atoms with Gasteiger partial charge < -0.3 is 48.2 Å². The minimum Gasteiger partial charge on any atom is -0.377 e. The summed E-state index contributed by atoms with van der Waals surface area (Å²) in [5.74, 6) is 0. The summed E-state index contributed by atoms with van der Waals surface area (Å²) in [6.07, 6.45) is 5.40. The van der Waals surface area contributed by atoms with Crippen molar-refractivity contribution in [1.82, 2.24) is 10.2 Å². The van der Waals surface area contributed by atoms with Crippen molar-refractivity contribution in [2.45, 2.75) is 50.9 Å². The van der Waals surface area contributed by atoms with Crippen LogP contribution in [0.4, 0.5) is 0 Å². The van der Waals surface area contributed by atoms with Crippen molar-refractivity contribution >= 4 is 30.0 Å². The Morgan fingerprint density at radius 3 is 1.62 bits per heavy atom. The van der Waals surface area contributed by atoms with Crippen molar-refractivity contribution in [3.05, 3.63) is 84.6 Å². The molecule has 0 bridgehead atoms. The van der Waals surface area contributed by atoms with Crippen LogP contribution in [0.15, 0.2) is 73.4 Å². The van der Waals surface area contributed by atoms with Crippen LogP contribution in [-0.2, 0) is 39.6 Å². The lowest BCUT2D eigenvalue weighted by molar-refractivity contribution is 0.0940. The lowest BCUT2D eigenvalue weighted by Crippen LogP contribution is -2.44. The molecule has 258 valence electrons. The maximum atomic E-state index is 5.95. The van der Waals surface area contributed by atoms with Gasteiger partial charge in [0.25, 0.3) is 0 Å². The van der Waals surface area contributed by atoms with Gasteiger partial charge in [-0.2, -0.15) is 0 Å². The summed E-state index contributed by atoms with van der Waals surface area (Å²) in [6, 6.07) is 22.2. The summed E-state index contributed by atoms with van der Waals surface area (Å²) < 4.78 is 33.8. The molecular weight excluding hydrogens is 628 g/mol. The molecule has 0 spiro atoms. The average Bonchev–Trinajstić information content (AvgIpc) is 3.08. The molecule has 0 atom stereocenters. The Balaban J connectivity index is 0.000000845. The molecule has 0 unspecified atom stereocenters. The van der Waals surface area contributed by atoms with Gasteiger partial charge in [0, 0.05) is 73.4 Å². The third kappa shape index (κ3) is 18.9. The van der Waals surface area contributed by atoms with Crippen molar-refractivity contribution < 1.29 is 26.6 Å². The summed E-state index contributed by atoms with van der Waals surface area (Å²) in [6.45, 7) is 9.91. The van der Waals surface area contributed by atoms with E-state index >= 15 is 0 Å². The molecule has 0 heterocycles. The van der Waals surface area contributed by atoms with E-state index in [1.807, 2.05) is 30.5 Å². The minimum absolute atomic E-state index is 0. The van der Waals surface area contributed by atoms with E-state index in [2.05, 4.69) is 53.2 Å². The molecule has 10 nitrogen and oxygen atoms in total. The Bertz CT molecular complexity index is 948. The number of rotatable bonds is 25. The molecule has 2 aromatic carbocycles. The number of hydrogen-bond acceptors (Lipinski definition) is 10. The van der Waals surface area contributed by atoms with Gasteiger partial charge in [-0.25, -0.2) is 0 Å². The molecular formula is C32H59ClN4O6Si2. The van der Waals surface area contributed by atoms with Gasteiger partial charge in [0.1, 0.15) is 0 Å². The maximum absolute atomic E-state index is 5.95. The van der Waals surface area contributed by atoms with Crippen LogP contribution >= 0.6 is 12.4 Å². The highest BCUT2D eigenvalue weighted by molar-refractivity contribution is 6.61. The summed E-state index contributed by atoms with van der Waals surface area (Å²) in [7, 11) is 1.56. The Morgan fingerprint density at radius 1 is 0.711 bits per heavy atom. The average molecular weight is 687 g/mol. The van der Waals surface area contributed by atoms with Gasteiger partial charge in [0.15, 0.2) is 0 Å². The van der Waals surface area contributed by atoms with Crippen molar-refractivity contribution in [2.75, 3.05) is 67.8 Å². The van der Waals surface area contributed by atoms with Gasteiger partial charge in [0.05, 0.1) is 0 Å². The molecule has 2 rings (SSSR count). The second-order valence-corrected chi connectivity index (χ2v) is 16.1. The first-order valence-electron chi connectivity index (χ1n) is 15.5. The van der Waals surface area contributed by atoms with Gasteiger partial charge >= 0.3 is 17.6 Å². The smallest absolute Gasteiger partial charge is 0.377 e. The van der Waals surface area contributed by atoms with Crippen LogP contribution < -0.4 is 16.8 Å². The highest BCUT2D eigenvalue weighted by Gasteiger charge is 2.38. The zero-order valence-electron chi connectivity index (χ0n) is 27.9. The van der Waals surface area contributed by atoms with Crippen LogP contribution in [0.1, 0.15) is 36.8 Å². The maximum Gasteiger partial charge on any atom is 0.500 e. The fourth-order valence-corrected chi connectivity index (χ4v) is 8.49. The Morgan fingerprint density at radius 2 is 1.18 bits per heavy atom. The molecule has 0 aliphatic carbocycles. The quantitative estimate of drug-likeness (QED) is 0.0992. The molecule has 0 aromatic heterocycles. The van der Waals surface area contributed by atoms with E-state index in [0.29, 0.717) is 26.3 Å². The largest absolute Gasteiger partial charge is 0.500 e. The molecule has 13 heteroatoms. The molecule has 0 aliphatic heterocycles. The van der Waals surface area contributed by atoms with Crippen molar-refractivity contribution in [3.63, 3.8) is 0 Å². The van der Waals surface area contributed by atoms with Crippen LogP contribution in [0.3, 0.4) is 0 Å². The van der Waals surface area contributed by atoms with Crippen LogP contribution in [0.25, 0.3) is 0 Å². The highest BCUT2D eigenvalue weighted by Crippen LogP contribution is 2.17. The second kappa shape index (κ2) is 27.5. The summed E-state index contributed by atoms with van der Waals surface area (Å²) in [5.41, 5.74) is 13.7. The standard InChI is InChI=1S/C17H30N2O3Si.C15H28N2O3Si.ClH/c1-4-19(16-17-10-6-5-7-11-17)13-9-14-22-23(20-2,21-3)15-8-12-18;1-18-21(19-2,13-6-10-16)20-12-7-11-17-14-15-8-4-3-5-9-15;/h4-7,10-11H,1,8-9,12-16,18H2,2-3H3;3-5,8-9,17H,6-7,10-14,16H2,1-2H3;1H. The number of nitrogens with zero attached hydrogens (tertiary/aromatic N) is 1. The van der Waals surface area contributed by atoms with Crippen LogP contribution in [0.5, 0.6) is 0 Å². The monoisotopic (exact) mass is 686 g/mol. The van der Waals surface area contributed by atoms with E-state index in [9.17, 15) is 0 Å².